The molecule has 0 unspecified atom stereocenters. The van der Waals surface area contributed by atoms with Crippen LogP contribution in [-0.4, -0.2) is 57.2 Å². The molecule has 0 saturated heterocycles. The van der Waals surface area contributed by atoms with Crippen molar-refractivity contribution < 1.29 is 14.3 Å². The maximum Gasteiger partial charge on any atom is 0.324 e. The summed E-state index contributed by atoms with van der Waals surface area (Å²) in [5.74, 6) is -0.129. The summed E-state index contributed by atoms with van der Waals surface area (Å²) in [5, 5.41) is 9.00. The van der Waals surface area contributed by atoms with E-state index in [-0.39, 0.29) is 11.9 Å². The average Bonchev–Trinajstić information content (AvgIpc) is 3.12. The van der Waals surface area contributed by atoms with Gasteiger partial charge in [-0.2, -0.15) is 0 Å². The number of rotatable bonds is 10. The lowest BCUT2D eigenvalue weighted by atomic mass is 10.3. The van der Waals surface area contributed by atoms with E-state index in [2.05, 4.69) is 20.9 Å². The van der Waals surface area contributed by atoms with Crippen LogP contribution in [0.2, 0.25) is 0 Å². The number of benzene rings is 1. The van der Waals surface area contributed by atoms with Gasteiger partial charge in [0.05, 0.1) is 16.5 Å². The van der Waals surface area contributed by atoms with Gasteiger partial charge in [-0.15, -0.1) is 11.3 Å². The van der Waals surface area contributed by atoms with E-state index in [1.165, 1.54) is 11.3 Å². The number of carbonyl (C=O) groups is 2. The zero-order valence-corrected chi connectivity index (χ0v) is 16.5. The quantitative estimate of drug-likeness (QED) is 0.545. The van der Waals surface area contributed by atoms with Gasteiger partial charge in [0, 0.05) is 25.9 Å². The molecule has 3 amide bonds. The number of likely N-dealkylation sites (N-methyl/N-ethyl adjacent to an activating group) is 1. The van der Waals surface area contributed by atoms with E-state index in [1.54, 1.807) is 31.4 Å². The second kappa shape index (κ2) is 11.3. The van der Waals surface area contributed by atoms with E-state index < -0.39 is 0 Å². The predicted molar refractivity (Wildman–Crippen MR) is 110 cm³/mol. The van der Waals surface area contributed by atoms with Gasteiger partial charge in [0.25, 0.3) is 5.91 Å². The molecule has 2 rings (SSSR count). The first-order valence-corrected chi connectivity index (χ1v) is 9.58. The molecule has 0 bridgehead atoms. The number of ether oxygens (including phenoxy) is 1. The number of hydrogen-bond donors (Lipinski definition) is 3. The Balaban J connectivity index is 1.71. The smallest absolute Gasteiger partial charge is 0.324 e. The summed E-state index contributed by atoms with van der Waals surface area (Å²) < 4.78 is 5.03. The van der Waals surface area contributed by atoms with Crippen molar-refractivity contribution in [3.8, 4) is 0 Å². The summed E-state index contributed by atoms with van der Waals surface area (Å²) in [6.07, 6.45) is 0.863. The minimum atomic E-state index is -0.339. The van der Waals surface area contributed by atoms with E-state index in [0.717, 1.165) is 19.5 Å². The molecule has 0 atom stereocenters. The molecule has 0 aliphatic rings. The van der Waals surface area contributed by atoms with Gasteiger partial charge in [0.2, 0.25) is 0 Å². The molecule has 8 heteroatoms. The lowest BCUT2D eigenvalue weighted by Crippen LogP contribution is -2.29. The highest BCUT2D eigenvalue weighted by atomic mass is 32.1. The molecule has 0 aliphatic carbocycles. The van der Waals surface area contributed by atoms with Crippen LogP contribution in [0.3, 0.4) is 0 Å². The predicted octanol–water partition coefficient (Wildman–Crippen LogP) is 3.09. The molecule has 1 aromatic carbocycles. The third-order valence-electron chi connectivity index (χ3n) is 3.78. The third-order valence-corrected chi connectivity index (χ3v) is 4.78. The minimum absolute atomic E-state index is 0.129. The highest BCUT2D eigenvalue weighted by Crippen LogP contribution is 2.22. The number of amides is 3. The fourth-order valence-corrected chi connectivity index (χ4v) is 3.14. The van der Waals surface area contributed by atoms with Gasteiger partial charge in [-0.1, -0.05) is 18.2 Å². The Hall–Kier alpha value is -2.42. The van der Waals surface area contributed by atoms with Crippen LogP contribution in [0.15, 0.2) is 42.5 Å². The highest BCUT2D eigenvalue weighted by molar-refractivity contribution is 7.18. The van der Waals surface area contributed by atoms with Crippen molar-refractivity contribution in [2.45, 2.75) is 6.42 Å². The maximum absolute atomic E-state index is 12.2. The Labute approximate surface area is 163 Å². The van der Waals surface area contributed by atoms with Gasteiger partial charge >= 0.3 is 6.03 Å². The Kier molecular flexibility index (Phi) is 8.76. The van der Waals surface area contributed by atoms with Gasteiger partial charge in [-0.25, -0.2) is 4.79 Å². The molecule has 1 heterocycles. The maximum atomic E-state index is 12.2. The Bertz CT molecular complexity index is 721. The van der Waals surface area contributed by atoms with Crippen molar-refractivity contribution in [3.05, 3.63) is 47.3 Å². The minimum Gasteiger partial charge on any atom is -0.383 e. The number of urea groups is 1. The second-order valence-corrected chi connectivity index (χ2v) is 7.10. The molecular formula is C19H26N4O3S. The number of methoxy groups -OCH3 is 1. The van der Waals surface area contributed by atoms with Crippen LogP contribution in [0.4, 0.5) is 15.5 Å². The lowest BCUT2D eigenvalue weighted by molar-refractivity contribution is 0.0955. The van der Waals surface area contributed by atoms with Crippen LogP contribution in [0.1, 0.15) is 16.1 Å². The molecule has 0 fully saturated rings. The van der Waals surface area contributed by atoms with Gasteiger partial charge in [0.1, 0.15) is 0 Å². The number of nitrogens with one attached hydrogen (secondary N) is 3. The van der Waals surface area contributed by atoms with Crippen molar-refractivity contribution in [1.29, 1.82) is 0 Å². The van der Waals surface area contributed by atoms with Gasteiger partial charge in [-0.3, -0.25) is 10.1 Å². The Morgan fingerprint density at radius 2 is 1.85 bits per heavy atom. The molecule has 3 N–H and O–H groups in total. The largest absolute Gasteiger partial charge is 0.383 e. The summed E-state index contributed by atoms with van der Waals surface area (Å²) in [7, 11) is 3.71. The topological polar surface area (TPSA) is 82.7 Å². The van der Waals surface area contributed by atoms with Crippen LogP contribution in [0, 0.1) is 0 Å². The molecule has 146 valence electrons. The molecule has 7 nitrogen and oxygen atoms in total. The zero-order valence-electron chi connectivity index (χ0n) is 15.7. The molecule has 27 heavy (non-hydrogen) atoms. The van der Waals surface area contributed by atoms with Crippen LogP contribution in [-0.2, 0) is 4.74 Å². The van der Waals surface area contributed by atoms with Crippen LogP contribution in [0.25, 0.3) is 0 Å². The van der Waals surface area contributed by atoms with Crippen molar-refractivity contribution in [2.24, 2.45) is 0 Å². The zero-order chi connectivity index (χ0) is 19.5. The molecule has 0 saturated carbocycles. The number of nitrogens with zero attached hydrogens (tertiary/aromatic N) is 1. The number of thiophene rings is 1. The van der Waals surface area contributed by atoms with E-state index in [4.69, 9.17) is 4.74 Å². The van der Waals surface area contributed by atoms with Crippen molar-refractivity contribution in [2.75, 3.05) is 51.0 Å². The van der Waals surface area contributed by atoms with Crippen LogP contribution >= 0.6 is 11.3 Å². The normalized spacial score (nSPS) is 10.6. The third kappa shape index (κ3) is 7.78. The molecular weight excluding hydrogens is 364 g/mol. The average molecular weight is 391 g/mol. The van der Waals surface area contributed by atoms with Crippen LogP contribution in [0.5, 0.6) is 0 Å². The van der Waals surface area contributed by atoms with E-state index in [0.29, 0.717) is 28.7 Å². The lowest BCUT2D eigenvalue weighted by Gasteiger charge is -2.15. The van der Waals surface area contributed by atoms with E-state index >= 15 is 0 Å². The molecule has 0 aliphatic heterocycles. The molecule has 0 spiro atoms. The molecule has 1 aromatic heterocycles. The summed E-state index contributed by atoms with van der Waals surface area (Å²) in [4.78, 5) is 26.9. The Morgan fingerprint density at radius 1 is 1.07 bits per heavy atom. The molecule has 0 radical (unpaired) electrons. The van der Waals surface area contributed by atoms with E-state index in [9.17, 15) is 9.59 Å². The monoisotopic (exact) mass is 390 g/mol. The van der Waals surface area contributed by atoms with Crippen LogP contribution < -0.4 is 16.0 Å². The summed E-state index contributed by atoms with van der Waals surface area (Å²) in [5.41, 5.74) is 0.708. The number of anilines is 2. The molecule has 2 aromatic rings. The first-order valence-electron chi connectivity index (χ1n) is 8.77. The second-order valence-electron chi connectivity index (χ2n) is 6.01. The van der Waals surface area contributed by atoms with Gasteiger partial charge < -0.3 is 20.3 Å². The Morgan fingerprint density at radius 3 is 2.59 bits per heavy atom. The van der Waals surface area contributed by atoms with Gasteiger partial charge in [0.15, 0.2) is 0 Å². The summed E-state index contributed by atoms with van der Waals surface area (Å²) in [6, 6.07) is 12.3. The fourth-order valence-electron chi connectivity index (χ4n) is 2.32. The van der Waals surface area contributed by atoms with Gasteiger partial charge in [-0.05, 0) is 44.3 Å². The number of hydrogen-bond acceptors (Lipinski definition) is 5. The summed E-state index contributed by atoms with van der Waals surface area (Å²) in [6.45, 7) is 3.06. The standard InChI is InChI=1S/C19H26N4O3S/c1-23(13-14-26-2)12-6-11-20-18(24)16-9-10-17(27-16)22-19(25)21-15-7-4-3-5-8-15/h3-5,7-10H,6,11-14H2,1-2H3,(H,20,24)(H2,21,22,25). The van der Waals surface area contributed by atoms with E-state index in [1.807, 2.05) is 25.2 Å². The first-order chi connectivity index (χ1) is 13.1. The van der Waals surface area contributed by atoms with Crippen molar-refractivity contribution >= 4 is 34.0 Å². The highest BCUT2D eigenvalue weighted by Gasteiger charge is 2.11. The SMILES string of the molecule is COCCN(C)CCCNC(=O)c1ccc(NC(=O)Nc2ccccc2)s1. The number of carbonyl (C=O) groups excluding carboxylic acids is 2. The number of para-hydroxylation sites is 1. The van der Waals surface area contributed by atoms with Crippen molar-refractivity contribution in [1.82, 2.24) is 10.2 Å². The fraction of sp³-hybridized carbons (Fsp3) is 0.368. The van der Waals surface area contributed by atoms with Crippen molar-refractivity contribution in [3.63, 3.8) is 0 Å². The first kappa shape index (κ1) is 20.9. The summed E-state index contributed by atoms with van der Waals surface area (Å²) >= 11 is 1.24.